The quantitative estimate of drug-likeness (QED) is 0.505. The number of hydrogen-bond acceptors (Lipinski definition) is 9. The molecule has 1 aliphatic carbocycles. The molecular formula is C23H24ClFN4O5S2. The Morgan fingerprint density at radius 3 is 2.81 bits per heavy atom. The van der Waals surface area contributed by atoms with Crippen LogP contribution in [0.4, 0.5) is 4.39 Å². The van der Waals surface area contributed by atoms with Gasteiger partial charge < -0.3 is 14.7 Å². The van der Waals surface area contributed by atoms with E-state index in [-0.39, 0.29) is 43.0 Å². The Morgan fingerprint density at radius 1 is 1.39 bits per heavy atom. The molecule has 3 heterocycles. The van der Waals surface area contributed by atoms with Gasteiger partial charge in [-0.15, -0.1) is 11.3 Å². The zero-order chi connectivity index (χ0) is 25.6. The lowest BCUT2D eigenvalue weighted by Gasteiger charge is -2.32. The number of carbonyl (C=O) groups excluding carboxylic acids is 1. The third-order valence-electron chi connectivity index (χ3n) is 6.48. The van der Waals surface area contributed by atoms with Crippen molar-refractivity contribution in [3.8, 4) is 0 Å². The number of sulfonamides is 1. The number of hydrogen-bond donors (Lipinski definition) is 2. The van der Waals surface area contributed by atoms with E-state index in [1.54, 1.807) is 23.4 Å². The Bertz CT molecular complexity index is 1340. The van der Waals surface area contributed by atoms with Crippen molar-refractivity contribution < 1.29 is 27.4 Å². The molecular weight excluding hydrogens is 531 g/mol. The molecule has 5 rings (SSSR count). The summed E-state index contributed by atoms with van der Waals surface area (Å²) in [5.41, 5.74) is 1.21. The minimum Gasteiger partial charge on any atom is -0.463 e. The number of aliphatic hydroxyl groups is 1. The zero-order valence-electron chi connectivity index (χ0n) is 19.2. The number of amidine groups is 1. The Morgan fingerprint density at radius 2 is 2.17 bits per heavy atom. The number of aromatic nitrogens is 1. The Labute approximate surface area is 216 Å². The molecule has 0 spiro atoms. The van der Waals surface area contributed by atoms with Crippen LogP contribution in [0.5, 0.6) is 0 Å². The van der Waals surface area contributed by atoms with Gasteiger partial charge in [-0.05, 0) is 31.9 Å². The molecule has 2 atom stereocenters. The SMILES string of the molecule is CCOC(=O)C1=C2C[C@H](NS(=O)(=O)C3CC(O)C3)CN2C(c2nccs2)=N[C@H]1c1ccc(F)cc1Cl. The van der Waals surface area contributed by atoms with E-state index in [9.17, 15) is 22.7 Å². The standard InChI is InChI=1S/C23H24ClFN4O5S2/c1-2-34-23(31)19-18-8-13(28-36(32,33)15-9-14(30)10-15)11-29(18)21(22-26-5-6-35-22)27-20(19)16-4-3-12(25)7-17(16)24/h3-7,13-15,20,28,30H,2,8-11H2,1H3/t13-,14?,15?,20-/m0/s1. The summed E-state index contributed by atoms with van der Waals surface area (Å²) in [6, 6.07) is 2.46. The van der Waals surface area contributed by atoms with Gasteiger partial charge in [0.2, 0.25) is 10.0 Å². The molecule has 1 aromatic carbocycles. The summed E-state index contributed by atoms with van der Waals surface area (Å²) in [7, 11) is -3.67. The summed E-state index contributed by atoms with van der Waals surface area (Å²) in [6.07, 6.45) is 1.62. The lowest BCUT2D eigenvalue weighted by Crippen LogP contribution is -2.49. The maximum absolute atomic E-state index is 13.8. The first-order valence-electron chi connectivity index (χ1n) is 11.5. The van der Waals surface area contributed by atoms with Crippen molar-refractivity contribution in [2.75, 3.05) is 13.2 Å². The number of thiazole rings is 1. The van der Waals surface area contributed by atoms with E-state index in [1.807, 2.05) is 0 Å². The van der Waals surface area contributed by atoms with E-state index in [0.717, 1.165) is 6.07 Å². The predicted molar refractivity (Wildman–Crippen MR) is 133 cm³/mol. The lowest BCUT2D eigenvalue weighted by molar-refractivity contribution is -0.139. The highest BCUT2D eigenvalue weighted by Gasteiger charge is 2.45. The molecule has 2 N–H and O–H groups in total. The molecule has 13 heteroatoms. The van der Waals surface area contributed by atoms with Crippen LogP contribution in [0.3, 0.4) is 0 Å². The van der Waals surface area contributed by atoms with Crippen LogP contribution < -0.4 is 4.72 Å². The summed E-state index contributed by atoms with van der Waals surface area (Å²) in [4.78, 5) is 24.2. The van der Waals surface area contributed by atoms with Gasteiger partial charge in [0, 0.05) is 46.9 Å². The molecule has 3 aliphatic rings. The highest BCUT2D eigenvalue weighted by atomic mass is 35.5. The molecule has 0 bridgehead atoms. The second-order valence-corrected chi connectivity index (χ2v) is 12.2. The van der Waals surface area contributed by atoms with E-state index in [1.165, 1.54) is 23.5 Å². The van der Waals surface area contributed by atoms with Crippen LogP contribution in [0.2, 0.25) is 5.02 Å². The van der Waals surface area contributed by atoms with E-state index in [2.05, 4.69) is 9.71 Å². The summed E-state index contributed by atoms with van der Waals surface area (Å²) in [5.74, 6) is -0.651. The number of nitrogens with zero attached hydrogens (tertiary/aromatic N) is 3. The number of ether oxygens (including phenoxy) is 1. The van der Waals surface area contributed by atoms with Gasteiger partial charge in [-0.3, -0.25) is 4.99 Å². The molecule has 2 aromatic rings. The van der Waals surface area contributed by atoms with Gasteiger partial charge in [-0.25, -0.2) is 27.3 Å². The average Bonchev–Trinajstić information content (AvgIpc) is 3.46. The molecule has 9 nitrogen and oxygen atoms in total. The van der Waals surface area contributed by atoms with Gasteiger partial charge in [0.25, 0.3) is 0 Å². The molecule has 1 aromatic heterocycles. The van der Waals surface area contributed by atoms with Crippen LogP contribution in [-0.4, -0.2) is 65.8 Å². The number of halogens is 2. The molecule has 2 fully saturated rings. The largest absolute Gasteiger partial charge is 0.463 e. The molecule has 36 heavy (non-hydrogen) atoms. The number of fused-ring (bicyclic) bond motifs is 1. The number of aliphatic hydroxyl groups excluding tert-OH is 1. The topological polar surface area (TPSA) is 121 Å². The minimum atomic E-state index is -3.67. The van der Waals surface area contributed by atoms with Crippen LogP contribution in [0.25, 0.3) is 0 Å². The second-order valence-electron chi connectivity index (χ2n) is 8.86. The van der Waals surface area contributed by atoms with Gasteiger partial charge in [0.1, 0.15) is 11.9 Å². The second kappa shape index (κ2) is 9.82. The number of esters is 1. The van der Waals surface area contributed by atoms with Crippen molar-refractivity contribution in [2.24, 2.45) is 4.99 Å². The third kappa shape index (κ3) is 4.68. The fourth-order valence-electron chi connectivity index (χ4n) is 4.71. The Balaban J connectivity index is 1.58. The summed E-state index contributed by atoms with van der Waals surface area (Å²) in [5, 5.41) is 11.4. The normalized spacial score (nSPS) is 25.9. The molecule has 2 aliphatic heterocycles. The highest BCUT2D eigenvalue weighted by molar-refractivity contribution is 7.90. The summed E-state index contributed by atoms with van der Waals surface area (Å²) >= 11 is 7.74. The van der Waals surface area contributed by atoms with Crippen LogP contribution in [0, 0.1) is 5.82 Å². The molecule has 1 saturated heterocycles. The zero-order valence-corrected chi connectivity index (χ0v) is 21.6. The average molecular weight is 555 g/mol. The molecule has 0 radical (unpaired) electrons. The van der Waals surface area contributed by atoms with Gasteiger partial charge in [0.05, 0.1) is 23.5 Å². The smallest absolute Gasteiger partial charge is 0.338 e. The molecule has 1 saturated carbocycles. The Hall–Kier alpha value is -2.38. The van der Waals surface area contributed by atoms with E-state index >= 15 is 0 Å². The molecule has 192 valence electrons. The van der Waals surface area contributed by atoms with Crippen molar-refractivity contribution in [1.82, 2.24) is 14.6 Å². The number of aliphatic imine (C=N–C) groups is 1. The fourth-order valence-corrected chi connectivity index (χ4v) is 7.39. The summed E-state index contributed by atoms with van der Waals surface area (Å²) < 4.78 is 47.7. The van der Waals surface area contributed by atoms with Crippen molar-refractivity contribution in [2.45, 2.75) is 49.6 Å². The highest BCUT2D eigenvalue weighted by Crippen LogP contribution is 2.43. The van der Waals surface area contributed by atoms with Crippen molar-refractivity contribution in [1.29, 1.82) is 0 Å². The van der Waals surface area contributed by atoms with Crippen LogP contribution in [-0.2, 0) is 19.6 Å². The van der Waals surface area contributed by atoms with E-state index in [0.29, 0.717) is 22.1 Å². The van der Waals surface area contributed by atoms with E-state index < -0.39 is 45.2 Å². The number of benzene rings is 1. The fraction of sp³-hybridized carbons (Fsp3) is 0.435. The third-order valence-corrected chi connectivity index (χ3v) is 9.50. The molecule has 0 amide bonds. The van der Waals surface area contributed by atoms with Crippen LogP contribution in [0.15, 0.2) is 46.0 Å². The van der Waals surface area contributed by atoms with Gasteiger partial charge in [0.15, 0.2) is 10.8 Å². The number of carbonyl (C=O) groups is 1. The molecule has 0 unspecified atom stereocenters. The van der Waals surface area contributed by atoms with E-state index in [4.69, 9.17) is 21.3 Å². The summed E-state index contributed by atoms with van der Waals surface area (Å²) in [6.45, 7) is 2.05. The monoisotopic (exact) mass is 554 g/mol. The van der Waals surface area contributed by atoms with Crippen molar-refractivity contribution in [3.63, 3.8) is 0 Å². The number of nitrogens with one attached hydrogen (secondary N) is 1. The van der Waals surface area contributed by atoms with Crippen LogP contribution >= 0.6 is 22.9 Å². The predicted octanol–water partition coefficient (Wildman–Crippen LogP) is 2.77. The number of rotatable bonds is 7. The maximum atomic E-state index is 13.8. The lowest BCUT2D eigenvalue weighted by atomic mass is 9.94. The maximum Gasteiger partial charge on any atom is 0.338 e. The first kappa shape index (κ1) is 25.3. The van der Waals surface area contributed by atoms with Crippen molar-refractivity contribution >= 4 is 44.8 Å². The van der Waals surface area contributed by atoms with Crippen molar-refractivity contribution in [3.05, 3.63) is 62.5 Å². The Kier molecular flexibility index (Phi) is 6.90. The van der Waals surface area contributed by atoms with Crippen LogP contribution in [0.1, 0.15) is 42.8 Å². The van der Waals surface area contributed by atoms with Gasteiger partial charge in [-0.2, -0.15) is 0 Å². The first-order chi connectivity index (χ1) is 17.2. The first-order valence-corrected chi connectivity index (χ1v) is 14.3. The van der Waals surface area contributed by atoms with Gasteiger partial charge >= 0.3 is 5.97 Å². The minimum absolute atomic E-state index is 0.108. The van der Waals surface area contributed by atoms with Gasteiger partial charge in [-0.1, -0.05) is 17.7 Å².